The molecule has 0 aliphatic carbocycles. The van der Waals surface area contributed by atoms with Crippen LogP contribution in [0.2, 0.25) is 0 Å². The minimum Gasteiger partial charge on any atom is -0.479 e. The molecule has 0 bridgehead atoms. The van der Waals surface area contributed by atoms with E-state index in [1.165, 1.54) is 17.0 Å². The lowest BCUT2D eigenvalue weighted by molar-refractivity contribution is -0.154. The molecule has 7 heteroatoms. The van der Waals surface area contributed by atoms with Gasteiger partial charge in [-0.15, -0.1) is 0 Å². The van der Waals surface area contributed by atoms with E-state index in [1.54, 1.807) is 19.1 Å². The molecule has 2 rings (SSSR count). The van der Waals surface area contributed by atoms with E-state index in [-0.39, 0.29) is 13.0 Å². The third-order valence-electron chi connectivity index (χ3n) is 3.69. The van der Waals surface area contributed by atoms with E-state index in [9.17, 15) is 19.5 Å². The van der Waals surface area contributed by atoms with E-state index < -0.39 is 23.3 Å². The van der Waals surface area contributed by atoms with Gasteiger partial charge >= 0.3 is 5.97 Å². The van der Waals surface area contributed by atoms with Crippen molar-refractivity contribution >= 4 is 17.8 Å². The van der Waals surface area contributed by atoms with Gasteiger partial charge in [-0.25, -0.2) is 4.79 Å². The molecule has 1 aliphatic heterocycles. The maximum atomic E-state index is 12.1. The highest BCUT2D eigenvalue weighted by Gasteiger charge is 2.58. The lowest BCUT2D eigenvalue weighted by Crippen LogP contribution is -2.48. The molecule has 24 heavy (non-hydrogen) atoms. The van der Waals surface area contributed by atoms with E-state index in [2.05, 4.69) is 33.0 Å². The van der Waals surface area contributed by atoms with Crippen molar-refractivity contribution in [2.45, 2.75) is 58.7 Å². The second-order valence-corrected chi connectivity index (χ2v) is 6.35. The number of imide groups is 1. The smallest absolute Gasteiger partial charge is 0.340 e. The number of carbonyl (C=O) groups is 3. The summed E-state index contributed by atoms with van der Waals surface area (Å²) >= 11 is 0. The summed E-state index contributed by atoms with van der Waals surface area (Å²) in [5.41, 5.74) is -1.81. The van der Waals surface area contributed by atoms with Gasteiger partial charge in [0.1, 0.15) is 0 Å². The van der Waals surface area contributed by atoms with Crippen LogP contribution in [0.4, 0.5) is 0 Å². The lowest BCUT2D eigenvalue weighted by atomic mass is 9.97. The molecular weight excluding hydrogens is 310 g/mol. The molecule has 0 spiro atoms. The molecule has 0 unspecified atom stereocenters. The topological polar surface area (TPSA) is 91.6 Å². The van der Waals surface area contributed by atoms with Crippen LogP contribution in [0.5, 0.6) is 0 Å². The zero-order valence-electron chi connectivity index (χ0n) is 14.9. The van der Waals surface area contributed by atoms with Crippen LogP contribution in [0.15, 0.2) is 24.5 Å². The van der Waals surface area contributed by atoms with Crippen LogP contribution in [-0.4, -0.2) is 51.0 Å². The summed E-state index contributed by atoms with van der Waals surface area (Å²) in [4.78, 5) is 36.2. The molecule has 2 amide bonds. The van der Waals surface area contributed by atoms with Crippen LogP contribution in [-0.2, 0) is 19.9 Å². The Hall–Kier alpha value is -2.15. The first-order valence-corrected chi connectivity index (χ1v) is 8.14. The van der Waals surface area contributed by atoms with Gasteiger partial charge in [-0.05, 0) is 19.1 Å². The molecule has 1 aliphatic rings. The Labute approximate surface area is 142 Å². The van der Waals surface area contributed by atoms with Crippen LogP contribution >= 0.6 is 0 Å². The average molecular weight is 337 g/mol. The summed E-state index contributed by atoms with van der Waals surface area (Å²) in [6.07, 6.45) is 2.64. The van der Waals surface area contributed by atoms with Crippen LogP contribution in [0.3, 0.4) is 0 Å². The molecule has 1 atom stereocenters. The number of likely N-dealkylation sites (tertiary alicyclic amines) is 1. The number of likely N-dealkylation sites (N-methyl/N-ethyl adjacent to an activating group) is 1. The lowest BCUT2D eigenvalue weighted by Gasteiger charge is -2.23. The highest BCUT2D eigenvalue weighted by molar-refractivity contribution is 6.17. The Balaban J connectivity index is 0.000000351. The first-order chi connectivity index (χ1) is 11.2. The molecule has 2 N–H and O–H groups in total. The normalized spacial score (nSPS) is 20.5. The second-order valence-electron chi connectivity index (χ2n) is 6.35. The number of nitrogens with zero attached hydrogens (tertiary/aromatic N) is 2. The molecule has 134 valence electrons. The van der Waals surface area contributed by atoms with Gasteiger partial charge in [-0.2, -0.15) is 0 Å². The number of carbonyl (C=O) groups excluding carboxylic acids is 2. The number of hydrogen-bond donors (Lipinski definition) is 2. The molecule has 1 saturated heterocycles. The van der Waals surface area contributed by atoms with Crippen molar-refractivity contribution < 1.29 is 19.5 Å². The van der Waals surface area contributed by atoms with Gasteiger partial charge in [0.25, 0.3) is 5.91 Å². The molecule has 0 saturated carbocycles. The van der Waals surface area contributed by atoms with Crippen molar-refractivity contribution in [3.05, 3.63) is 24.5 Å². The van der Waals surface area contributed by atoms with Crippen LogP contribution in [0.25, 0.3) is 0 Å². The van der Waals surface area contributed by atoms with E-state index >= 15 is 0 Å². The van der Waals surface area contributed by atoms with E-state index in [0.717, 1.165) is 4.90 Å². The number of aliphatic carboxylic acids is 1. The number of amides is 2. The van der Waals surface area contributed by atoms with Crippen molar-refractivity contribution in [2.24, 2.45) is 0 Å². The molecule has 7 nitrogen and oxygen atoms in total. The first-order valence-electron chi connectivity index (χ1n) is 8.14. The van der Waals surface area contributed by atoms with Gasteiger partial charge in [0.15, 0.2) is 0 Å². The fourth-order valence-corrected chi connectivity index (χ4v) is 2.78. The Kier molecular flexibility index (Phi) is 6.71. The predicted octanol–water partition coefficient (Wildman–Crippen LogP) is 1.44. The van der Waals surface area contributed by atoms with Crippen molar-refractivity contribution in [3.8, 4) is 0 Å². The minimum atomic E-state index is -1.81. The Morgan fingerprint density at radius 1 is 1.21 bits per heavy atom. The van der Waals surface area contributed by atoms with Crippen LogP contribution in [0, 0.1) is 0 Å². The maximum absolute atomic E-state index is 12.1. The zero-order chi connectivity index (χ0) is 18.5. The summed E-state index contributed by atoms with van der Waals surface area (Å²) in [6, 6.07) is 4.49. The van der Waals surface area contributed by atoms with Gasteiger partial charge in [-0.3, -0.25) is 14.5 Å². The predicted molar refractivity (Wildman–Crippen MR) is 90.5 cm³/mol. The van der Waals surface area contributed by atoms with E-state index in [1.807, 2.05) is 0 Å². The summed E-state index contributed by atoms with van der Waals surface area (Å²) in [7, 11) is 0. The van der Waals surface area contributed by atoms with Crippen molar-refractivity contribution in [1.82, 2.24) is 14.8 Å². The molecule has 0 aromatic carbocycles. The third-order valence-corrected chi connectivity index (χ3v) is 3.69. The number of carboxylic acid groups (broad SMARTS) is 1. The number of carboxylic acids is 1. The molecule has 1 aromatic rings. The van der Waals surface area contributed by atoms with Gasteiger partial charge in [0.2, 0.25) is 11.4 Å². The Morgan fingerprint density at radius 3 is 2.00 bits per heavy atom. The summed E-state index contributed by atoms with van der Waals surface area (Å²) in [5.74, 6) is -2.43. The SMILES string of the molecule is CC(C)NC(C)C.CCN1C(=O)C[C@@](C(=O)O)(n2cccc2)C1=O. The van der Waals surface area contributed by atoms with Crippen LogP contribution < -0.4 is 5.32 Å². The fourth-order valence-electron chi connectivity index (χ4n) is 2.78. The largest absolute Gasteiger partial charge is 0.479 e. The molecule has 1 aromatic heterocycles. The minimum absolute atomic E-state index is 0.188. The third kappa shape index (κ3) is 4.03. The van der Waals surface area contributed by atoms with Gasteiger partial charge in [0.05, 0.1) is 6.42 Å². The average Bonchev–Trinajstić information content (AvgIpc) is 3.05. The van der Waals surface area contributed by atoms with E-state index in [4.69, 9.17) is 0 Å². The van der Waals surface area contributed by atoms with E-state index in [0.29, 0.717) is 12.1 Å². The van der Waals surface area contributed by atoms with Crippen molar-refractivity contribution in [1.29, 1.82) is 0 Å². The number of rotatable bonds is 5. The number of hydrogen-bond acceptors (Lipinski definition) is 4. The quantitative estimate of drug-likeness (QED) is 0.627. The molecular formula is C17H27N3O4. The summed E-state index contributed by atoms with van der Waals surface area (Å²) in [6.45, 7) is 10.4. The monoisotopic (exact) mass is 337 g/mol. The highest BCUT2D eigenvalue weighted by atomic mass is 16.4. The number of nitrogens with one attached hydrogen (secondary N) is 1. The zero-order valence-corrected chi connectivity index (χ0v) is 14.9. The van der Waals surface area contributed by atoms with Crippen molar-refractivity contribution in [2.75, 3.05) is 6.54 Å². The molecule has 0 radical (unpaired) electrons. The second kappa shape index (κ2) is 8.10. The summed E-state index contributed by atoms with van der Waals surface area (Å²) < 4.78 is 1.28. The van der Waals surface area contributed by atoms with Gasteiger partial charge in [0, 0.05) is 31.0 Å². The van der Waals surface area contributed by atoms with Crippen LogP contribution in [0.1, 0.15) is 41.0 Å². The highest BCUT2D eigenvalue weighted by Crippen LogP contribution is 2.32. The van der Waals surface area contributed by atoms with Crippen molar-refractivity contribution in [3.63, 3.8) is 0 Å². The Morgan fingerprint density at radius 2 is 1.71 bits per heavy atom. The Bertz CT molecular complexity index is 575. The summed E-state index contributed by atoms with van der Waals surface area (Å²) in [5, 5.41) is 12.6. The van der Waals surface area contributed by atoms with Gasteiger partial charge < -0.3 is 15.0 Å². The van der Waals surface area contributed by atoms with Gasteiger partial charge in [-0.1, -0.05) is 27.7 Å². The molecule has 2 heterocycles. The molecule has 1 fully saturated rings. The first kappa shape index (κ1) is 19.9. The fraction of sp³-hybridized carbons (Fsp3) is 0.588. The standard InChI is InChI=1S/C11H12N2O4.C6H15N/c1-2-13-8(14)7-11(9(13)15,10(16)17)12-5-3-4-6-12;1-5(2)7-6(3)4/h3-6H,2,7H2,1H3,(H,16,17);5-7H,1-4H3/t11-;/m1./s1. The maximum Gasteiger partial charge on any atom is 0.340 e. The number of aromatic nitrogens is 1.